The molecule has 25 heavy (non-hydrogen) atoms. The number of hydrogen-bond acceptors (Lipinski definition) is 4. The largest absolute Gasteiger partial charge is 0.455 e. The molecule has 134 valence electrons. The Balaban J connectivity index is 2.22. The second-order valence-electron chi connectivity index (χ2n) is 4.91. The van der Waals surface area contributed by atoms with Crippen molar-refractivity contribution < 1.29 is 22.3 Å². The predicted octanol–water partition coefficient (Wildman–Crippen LogP) is 6.30. The summed E-state index contributed by atoms with van der Waals surface area (Å²) in [6.07, 6.45) is 0. The standard InChI is InChI=1S/C17H15F4NOS2/c1-4-24-14-7-8-15(18)22-16(14)11(3)23-13-6-5-12(9-10(13)2)25-17(19,20)21/h5-9H,3-4H2,1-2H3. The molecule has 0 N–H and O–H groups in total. The number of ether oxygens (including phenoxy) is 1. The molecule has 8 heteroatoms. The van der Waals surface area contributed by atoms with Crippen LogP contribution in [0.4, 0.5) is 17.6 Å². The second kappa shape index (κ2) is 8.14. The van der Waals surface area contributed by atoms with E-state index >= 15 is 0 Å². The van der Waals surface area contributed by atoms with Crippen molar-refractivity contribution in [3.05, 3.63) is 54.1 Å². The lowest BCUT2D eigenvalue weighted by Crippen LogP contribution is -2.02. The summed E-state index contributed by atoms with van der Waals surface area (Å²) in [5.74, 6) is 0.578. The lowest BCUT2D eigenvalue weighted by molar-refractivity contribution is -0.0328. The first-order chi connectivity index (χ1) is 11.7. The molecule has 2 nitrogen and oxygen atoms in total. The zero-order valence-corrected chi connectivity index (χ0v) is 15.1. The zero-order chi connectivity index (χ0) is 18.6. The molecule has 0 aliphatic heterocycles. The SMILES string of the molecule is C=C(Oc1ccc(SC(F)(F)F)cc1C)c1nc(F)ccc1SCC. The van der Waals surface area contributed by atoms with Gasteiger partial charge in [-0.15, -0.1) is 11.8 Å². The minimum atomic E-state index is -4.35. The maximum atomic E-state index is 13.4. The van der Waals surface area contributed by atoms with E-state index in [-0.39, 0.29) is 28.1 Å². The van der Waals surface area contributed by atoms with Crippen LogP contribution in [-0.2, 0) is 0 Å². The van der Waals surface area contributed by atoms with Crippen LogP contribution in [0.1, 0.15) is 18.2 Å². The molecule has 1 aromatic carbocycles. The van der Waals surface area contributed by atoms with Crippen molar-refractivity contribution in [3.63, 3.8) is 0 Å². The summed E-state index contributed by atoms with van der Waals surface area (Å²) >= 11 is 1.27. The smallest absolute Gasteiger partial charge is 0.446 e. The maximum absolute atomic E-state index is 13.4. The lowest BCUT2D eigenvalue weighted by atomic mass is 10.2. The molecule has 1 aromatic heterocycles. The first-order valence-electron chi connectivity index (χ1n) is 7.22. The van der Waals surface area contributed by atoms with Crippen LogP contribution in [0.5, 0.6) is 5.75 Å². The number of aryl methyl sites for hydroxylation is 1. The van der Waals surface area contributed by atoms with E-state index in [9.17, 15) is 17.6 Å². The predicted molar refractivity (Wildman–Crippen MR) is 93.3 cm³/mol. The van der Waals surface area contributed by atoms with Crippen molar-refractivity contribution >= 4 is 29.3 Å². The quantitative estimate of drug-likeness (QED) is 0.250. The van der Waals surface area contributed by atoms with Gasteiger partial charge in [0.2, 0.25) is 5.95 Å². The van der Waals surface area contributed by atoms with Crippen LogP contribution in [0.3, 0.4) is 0 Å². The van der Waals surface area contributed by atoms with E-state index in [0.29, 0.717) is 11.3 Å². The fourth-order valence-corrected chi connectivity index (χ4v) is 3.42. The summed E-state index contributed by atoms with van der Waals surface area (Å²) in [4.78, 5) is 4.60. The molecule has 0 unspecified atom stereocenters. The highest BCUT2D eigenvalue weighted by molar-refractivity contribution is 8.00. The van der Waals surface area contributed by atoms with Gasteiger partial charge in [0.05, 0.1) is 0 Å². The van der Waals surface area contributed by atoms with Gasteiger partial charge in [0, 0.05) is 9.79 Å². The Kier molecular flexibility index (Phi) is 6.40. The molecule has 0 saturated heterocycles. The topological polar surface area (TPSA) is 22.1 Å². The van der Waals surface area contributed by atoms with Crippen LogP contribution in [0.25, 0.3) is 5.76 Å². The molecule has 0 fully saturated rings. The Hall–Kier alpha value is -1.67. The number of rotatable bonds is 6. The Bertz CT molecular complexity index is 778. The summed E-state index contributed by atoms with van der Waals surface area (Å²) in [6.45, 7) is 7.35. The van der Waals surface area contributed by atoms with Gasteiger partial charge in [0.1, 0.15) is 17.2 Å². The molecule has 0 saturated carbocycles. The molecular formula is C17H15F4NOS2. The van der Waals surface area contributed by atoms with E-state index in [1.807, 2.05) is 6.92 Å². The lowest BCUT2D eigenvalue weighted by Gasteiger charge is -2.14. The third-order valence-electron chi connectivity index (χ3n) is 3.00. The summed E-state index contributed by atoms with van der Waals surface area (Å²) in [5, 5.41) is 0. The van der Waals surface area contributed by atoms with Gasteiger partial charge in [0.25, 0.3) is 0 Å². The van der Waals surface area contributed by atoms with Gasteiger partial charge >= 0.3 is 5.51 Å². The number of hydrogen-bond donors (Lipinski definition) is 0. The highest BCUT2D eigenvalue weighted by Gasteiger charge is 2.29. The van der Waals surface area contributed by atoms with Gasteiger partial charge in [-0.2, -0.15) is 17.6 Å². The summed E-state index contributed by atoms with van der Waals surface area (Å²) < 4.78 is 56.4. The normalized spacial score (nSPS) is 11.4. The van der Waals surface area contributed by atoms with Crippen LogP contribution in [0.2, 0.25) is 0 Å². The number of alkyl halides is 3. The Morgan fingerprint density at radius 1 is 1.24 bits per heavy atom. The molecule has 2 rings (SSSR count). The number of halogens is 4. The maximum Gasteiger partial charge on any atom is 0.446 e. The second-order valence-corrected chi connectivity index (χ2v) is 7.36. The molecule has 1 heterocycles. The highest BCUT2D eigenvalue weighted by atomic mass is 32.2. The molecule has 0 aliphatic carbocycles. The monoisotopic (exact) mass is 389 g/mol. The van der Waals surface area contributed by atoms with Crippen LogP contribution < -0.4 is 4.74 Å². The van der Waals surface area contributed by atoms with Crippen molar-refractivity contribution in [1.29, 1.82) is 0 Å². The van der Waals surface area contributed by atoms with Crippen molar-refractivity contribution in [3.8, 4) is 5.75 Å². The van der Waals surface area contributed by atoms with E-state index in [0.717, 1.165) is 10.6 Å². The summed E-state index contributed by atoms with van der Waals surface area (Å²) in [6, 6.07) is 6.97. The summed E-state index contributed by atoms with van der Waals surface area (Å²) in [7, 11) is 0. The van der Waals surface area contributed by atoms with E-state index in [1.165, 1.54) is 36.0 Å². The molecule has 0 aliphatic rings. The van der Waals surface area contributed by atoms with Crippen molar-refractivity contribution in [2.24, 2.45) is 0 Å². The minimum absolute atomic E-state index is 0.0640. The van der Waals surface area contributed by atoms with Gasteiger partial charge in [0.15, 0.2) is 0 Å². The van der Waals surface area contributed by atoms with Crippen LogP contribution in [-0.4, -0.2) is 16.2 Å². The molecule has 0 atom stereocenters. The molecular weight excluding hydrogens is 374 g/mol. The van der Waals surface area contributed by atoms with E-state index in [1.54, 1.807) is 13.0 Å². The third kappa shape index (κ3) is 5.67. The van der Waals surface area contributed by atoms with Crippen LogP contribution >= 0.6 is 23.5 Å². The van der Waals surface area contributed by atoms with Crippen LogP contribution in [0, 0.1) is 12.9 Å². The Labute approximate surface area is 151 Å². The van der Waals surface area contributed by atoms with Crippen molar-refractivity contribution in [1.82, 2.24) is 4.98 Å². The van der Waals surface area contributed by atoms with Crippen molar-refractivity contribution in [2.45, 2.75) is 29.1 Å². The Morgan fingerprint density at radius 2 is 1.96 bits per heavy atom. The Morgan fingerprint density at radius 3 is 2.56 bits per heavy atom. The molecule has 0 radical (unpaired) electrons. The first kappa shape index (κ1) is 19.7. The van der Waals surface area contributed by atoms with Gasteiger partial charge in [-0.1, -0.05) is 13.5 Å². The minimum Gasteiger partial charge on any atom is -0.455 e. The summed E-state index contributed by atoms with van der Waals surface area (Å²) in [5.41, 5.74) is -3.56. The first-order valence-corrected chi connectivity index (χ1v) is 9.02. The number of thioether (sulfide) groups is 2. The average molecular weight is 389 g/mol. The number of nitrogens with zero attached hydrogens (tertiary/aromatic N) is 1. The molecule has 0 spiro atoms. The van der Waals surface area contributed by atoms with Gasteiger partial charge in [-0.25, -0.2) is 4.98 Å². The fraction of sp³-hybridized carbons (Fsp3) is 0.235. The van der Waals surface area contributed by atoms with Crippen molar-refractivity contribution in [2.75, 3.05) is 5.75 Å². The molecule has 2 aromatic rings. The van der Waals surface area contributed by atoms with E-state index < -0.39 is 11.5 Å². The number of benzene rings is 1. The fourth-order valence-electron chi connectivity index (χ4n) is 2.01. The van der Waals surface area contributed by atoms with Gasteiger partial charge in [-0.3, -0.25) is 0 Å². The third-order valence-corrected chi connectivity index (χ3v) is 4.65. The van der Waals surface area contributed by atoms with E-state index in [4.69, 9.17) is 4.74 Å². The molecule has 0 amide bonds. The average Bonchev–Trinajstić information content (AvgIpc) is 2.50. The number of pyridine rings is 1. The van der Waals surface area contributed by atoms with E-state index in [2.05, 4.69) is 11.6 Å². The van der Waals surface area contributed by atoms with Gasteiger partial charge in [-0.05, 0) is 60.3 Å². The zero-order valence-electron chi connectivity index (χ0n) is 13.5. The van der Waals surface area contributed by atoms with Crippen LogP contribution in [0.15, 0.2) is 46.7 Å². The molecule has 0 bridgehead atoms. The van der Waals surface area contributed by atoms with Gasteiger partial charge < -0.3 is 4.74 Å². The number of aromatic nitrogens is 1. The highest BCUT2D eigenvalue weighted by Crippen LogP contribution is 2.38.